The van der Waals surface area contributed by atoms with Gasteiger partial charge in [0.2, 0.25) is 0 Å². The lowest BCUT2D eigenvalue weighted by atomic mass is 9.67. The lowest BCUT2D eigenvalue weighted by Crippen LogP contribution is -2.40. The largest absolute Gasteiger partial charge is 0.504 e. The van der Waals surface area contributed by atoms with E-state index in [2.05, 4.69) is 0 Å². The van der Waals surface area contributed by atoms with Crippen LogP contribution in [0, 0.1) is 0 Å². The fourth-order valence-electron chi connectivity index (χ4n) is 5.85. The number of carbonyl (C=O) groups excluding carboxylic acids is 2. The highest BCUT2D eigenvalue weighted by Gasteiger charge is 2.45. The van der Waals surface area contributed by atoms with Crippen molar-refractivity contribution in [3.63, 3.8) is 0 Å². The summed E-state index contributed by atoms with van der Waals surface area (Å²) in [5, 5.41) is 11.2. The zero-order chi connectivity index (χ0) is 26.7. The zero-order valence-corrected chi connectivity index (χ0v) is 20.9. The second-order valence-corrected chi connectivity index (χ2v) is 9.56. The summed E-state index contributed by atoms with van der Waals surface area (Å²) in [7, 11) is 0. The number of rotatable bonds is 4. The van der Waals surface area contributed by atoms with Gasteiger partial charge in [0.1, 0.15) is 0 Å². The molecular weight excluding hydrogens is 486 g/mol. The van der Waals surface area contributed by atoms with Crippen molar-refractivity contribution in [2.75, 3.05) is 6.61 Å². The van der Waals surface area contributed by atoms with Crippen LogP contribution in [0.15, 0.2) is 92.6 Å². The molecule has 1 aliphatic heterocycles. The summed E-state index contributed by atoms with van der Waals surface area (Å²) in [5.41, 5.74) is 1.39. The molecule has 0 fully saturated rings. The quantitative estimate of drug-likeness (QED) is 0.426. The molecule has 1 aromatic heterocycles. The third kappa shape index (κ3) is 3.31. The Morgan fingerprint density at radius 2 is 1.76 bits per heavy atom. The minimum atomic E-state index is -0.791. The predicted molar refractivity (Wildman–Crippen MR) is 139 cm³/mol. The van der Waals surface area contributed by atoms with Crippen LogP contribution in [0.1, 0.15) is 37.8 Å². The lowest BCUT2D eigenvalue weighted by molar-refractivity contribution is -0.116. The van der Waals surface area contributed by atoms with E-state index < -0.39 is 23.3 Å². The maximum Gasteiger partial charge on any atom is 0.352 e. The van der Waals surface area contributed by atoms with Gasteiger partial charge in [-0.2, -0.15) is 0 Å². The van der Waals surface area contributed by atoms with Crippen LogP contribution in [0.2, 0.25) is 0 Å². The van der Waals surface area contributed by atoms with Crippen molar-refractivity contribution in [1.82, 2.24) is 13.9 Å². The molecular formula is C29H25N3O6. The van der Waals surface area contributed by atoms with Crippen molar-refractivity contribution < 1.29 is 19.4 Å². The van der Waals surface area contributed by atoms with E-state index in [0.29, 0.717) is 40.2 Å². The van der Waals surface area contributed by atoms with Crippen molar-refractivity contribution in [3.8, 4) is 17.2 Å². The predicted octanol–water partition coefficient (Wildman–Crippen LogP) is 2.97. The summed E-state index contributed by atoms with van der Waals surface area (Å²) < 4.78 is 9.46. The van der Waals surface area contributed by atoms with Gasteiger partial charge in [-0.15, -0.1) is 0 Å². The number of aromatic hydroxyl groups is 1. The van der Waals surface area contributed by atoms with E-state index in [1.807, 2.05) is 6.08 Å². The fraction of sp³-hybridized carbons (Fsp3) is 0.241. The topological polar surface area (TPSA) is 113 Å². The molecule has 38 heavy (non-hydrogen) atoms. The number of ketones is 2. The first kappa shape index (κ1) is 23.7. The minimum Gasteiger partial charge on any atom is -0.504 e. The summed E-state index contributed by atoms with van der Waals surface area (Å²) in [6, 6.07) is 13.0. The Morgan fingerprint density at radius 3 is 2.50 bits per heavy atom. The summed E-state index contributed by atoms with van der Waals surface area (Å²) >= 11 is 0. The Labute approximate surface area is 217 Å². The first-order valence-electron chi connectivity index (χ1n) is 12.5. The van der Waals surface area contributed by atoms with Crippen LogP contribution in [0.25, 0.3) is 5.69 Å². The van der Waals surface area contributed by atoms with E-state index in [0.717, 1.165) is 4.57 Å². The number of hydrogen-bond acceptors (Lipinski definition) is 6. The number of phenolic OH excluding ortho intramolecular Hbond substituents is 1. The van der Waals surface area contributed by atoms with Crippen LogP contribution in [-0.2, 0) is 16.1 Å². The molecule has 3 aromatic rings. The second-order valence-electron chi connectivity index (χ2n) is 9.56. The number of para-hydroxylation sites is 2. The normalized spacial score (nSPS) is 20.4. The third-order valence-corrected chi connectivity index (χ3v) is 7.48. The van der Waals surface area contributed by atoms with Crippen LogP contribution in [0.5, 0.6) is 11.5 Å². The average molecular weight is 512 g/mol. The molecule has 0 saturated heterocycles. The van der Waals surface area contributed by atoms with Crippen molar-refractivity contribution in [2.24, 2.45) is 0 Å². The Bertz CT molecular complexity index is 1730. The van der Waals surface area contributed by atoms with Gasteiger partial charge >= 0.3 is 11.4 Å². The highest BCUT2D eigenvalue weighted by molar-refractivity contribution is 6.23. The number of ether oxygens (including phenoxy) is 1. The van der Waals surface area contributed by atoms with E-state index in [4.69, 9.17) is 4.74 Å². The van der Waals surface area contributed by atoms with E-state index in [1.54, 1.807) is 62.4 Å². The number of nitrogens with zero attached hydrogens (tertiary/aromatic N) is 3. The molecule has 0 unspecified atom stereocenters. The molecule has 9 nitrogen and oxygen atoms in total. The van der Waals surface area contributed by atoms with Gasteiger partial charge in [0.15, 0.2) is 23.1 Å². The molecule has 2 aromatic carbocycles. The molecule has 2 heterocycles. The van der Waals surface area contributed by atoms with Crippen LogP contribution in [0.3, 0.4) is 0 Å². The SMILES string of the molecule is CCOc1cccc([C@H]2C3=CCn4c(=O)n(-c5ccccc5)c(=O)n4[C@@H]3CC3=C2C(=O)C=C(C)C3=O)c1O. The van der Waals surface area contributed by atoms with Gasteiger partial charge in [0.25, 0.3) is 0 Å². The Hall–Kier alpha value is -4.66. The van der Waals surface area contributed by atoms with E-state index in [-0.39, 0.29) is 36.0 Å². The zero-order valence-electron chi connectivity index (χ0n) is 20.9. The van der Waals surface area contributed by atoms with Crippen LogP contribution in [0.4, 0.5) is 0 Å². The number of aromatic nitrogens is 3. The number of allylic oxidation sites excluding steroid dienone is 6. The molecule has 9 heteroatoms. The summed E-state index contributed by atoms with van der Waals surface area (Å²) in [5.74, 6) is -1.24. The lowest BCUT2D eigenvalue weighted by Gasteiger charge is -2.39. The van der Waals surface area contributed by atoms with Gasteiger partial charge in [-0.1, -0.05) is 36.4 Å². The highest BCUT2D eigenvalue weighted by atomic mass is 16.5. The number of phenols is 1. The molecule has 1 N–H and O–H groups in total. The van der Waals surface area contributed by atoms with Gasteiger partial charge in [-0.3, -0.25) is 9.59 Å². The molecule has 0 spiro atoms. The van der Waals surface area contributed by atoms with Crippen LogP contribution in [-0.4, -0.2) is 37.2 Å². The molecule has 6 rings (SSSR count). The molecule has 3 aliphatic rings. The highest BCUT2D eigenvalue weighted by Crippen LogP contribution is 2.52. The molecule has 0 radical (unpaired) electrons. The molecule has 0 saturated carbocycles. The standard InChI is InChI=1S/C29H25N3O6/c1-3-38-23-11-7-10-19(27(23)35)24-18-12-13-30-28(36)31(17-8-5-4-6-9-17)29(37)32(30)21(18)15-20-25(24)22(33)14-16(2)26(20)34/h4-12,14,21,24,35H,3,13,15H2,1-2H3/t21-,24-/m1/s1. The number of benzene rings is 2. The molecule has 0 bridgehead atoms. The molecule has 2 atom stereocenters. The molecule has 192 valence electrons. The van der Waals surface area contributed by atoms with Crippen molar-refractivity contribution >= 4 is 11.6 Å². The van der Waals surface area contributed by atoms with Gasteiger partial charge in [-0.05, 0) is 43.7 Å². The average Bonchev–Trinajstić information content (AvgIpc) is 3.18. The number of fused-ring (bicyclic) bond motifs is 3. The van der Waals surface area contributed by atoms with Crippen molar-refractivity contribution in [2.45, 2.75) is 38.8 Å². The third-order valence-electron chi connectivity index (χ3n) is 7.48. The molecule has 2 aliphatic carbocycles. The summed E-state index contributed by atoms with van der Waals surface area (Å²) in [4.78, 5) is 53.8. The first-order chi connectivity index (χ1) is 18.3. The van der Waals surface area contributed by atoms with Gasteiger partial charge in [-0.25, -0.2) is 23.5 Å². The minimum absolute atomic E-state index is 0.0808. The van der Waals surface area contributed by atoms with E-state index in [1.165, 1.54) is 15.4 Å². The van der Waals surface area contributed by atoms with Gasteiger partial charge < -0.3 is 9.84 Å². The van der Waals surface area contributed by atoms with Crippen molar-refractivity contribution in [3.05, 3.63) is 110 Å². The Kier molecular flexibility index (Phi) is 5.45. The van der Waals surface area contributed by atoms with Crippen LogP contribution >= 0.6 is 0 Å². The first-order valence-corrected chi connectivity index (χ1v) is 12.5. The van der Waals surface area contributed by atoms with Crippen molar-refractivity contribution in [1.29, 1.82) is 0 Å². The second kappa shape index (κ2) is 8.72. The van der Waals surface area contributed by atoms with Crippen LogP contribution < -0.4 is 16.1 Å². The maximum atomic E-state index is 13.7. The van der Waals surface area contributed by atoms with E-state index >= 15 is 0 Å². The van der Waals surface area contributed by atoms with E-state index in [9.17, 15) is 24.3 Å². The summed E-state index contributed by atoms with van der Waals surface area (Å²) in [6.45, 7) is 3.82. The maximum absolute atomic E-state index is 13.7. The Morgan fingerprint density at radius 1 is 1.00 bits per heavy atom. The van der Waals surface area contributed by atoms with Gasteiger partial charge in [0, 0.05) is 34.6 Å². The number of carbonyl (C=O) groups is 2. The summed E-state index contributed by atoms with van der Waals surface area (Å²) in [6.07, 6.45) is 3.23. The number of Topliss-reactive ketones (excluding diaryl/α,β-unsaturated/α-hetero) is 1. The Balaban J connectivity index is 1.60. The molecule has 0 amide bonds. The fourth-order valence-corrected chi connectivity index (χ4v) is 5.85. The smallest absolute Gasteiger partial charge is 0.352 e. The monoisotopic (exact) mass is 511 g/mol. The van der Waals surface area contributed by atoms with Gasteiger partial charge in [0.05, 0.1) is 24.9 Å². The number of hydrogen-bond donors (Lipinski definition) is 1.